The first-order valence-electron chi connectivity index (χ1n) is 7.38. The van der Waals surface area contributed by atoms with E-state index < -0.39 is 12.6 Å². The lowest BCUT2D eigenvalue weighted by Crippen LogP contribution is -2.37. The Morgan fingerprint density at radius 2 is 1.86 bits per heavy atom. The Labute approximate surface area is 146 Å². The lowest BCUT2D eigenvalue weighted by Gasteiger charge is -2.26. The van der Waals surface area contributed by atoms with E-state index in [0.717, 1.165) is 39.3 Å². The van der Waals surface area contributed by atoms with Crippen LogP contribution < -0.4 is 11.1 Å². The molecule has 9 heteroatoms. The van der Waals surface area contributed by atoms with Crippen LogP contribution in [0.5, 0.6) is 0 Å². The van der Waals surface area contributed by atoms with Crippen molar-refractivity contribution in [1.82, 2.24) is 10.2 Å². The Morgan fingerprint density at radius 3 is 2.50 bits per heavy atom. The van der Waals surface area contributed by atoms with E-state index in [0.29, 0.717) is 25.5 Å². The van der Waals surface area contributed by atoms with E-state index in [4.69, 9.17) is 10.5 Å². The summed E-state index contributed by atoms with van der Waals surface area (Å²) in [5.74, 6) is 0.309. The largest absolute Gasteiger partial charge is 0.389 e. The van der Waals surface area contributed by atoms with Gasteiger partial charge >= 0.3 is 6.18 Å². The maximum Gasteiger partial charge on any atom is 0.389 e. The molecular weight excluding hydrogens is 412 g/mol. The Morgan fingerprint density at radius 1 is 1.18 bits per heavy atom. The summed E-state index contributed by atoms with van der Waals surface area (Å²) in [6.07, 6.45) is -3.36. The van der Waals surface area contributed by atoms with E-state index in [9.17, 15) is 13.2 Å². The number of nitrogens with one attached hydrogen (secondary N) is 1. The van der Waals surface area contributed by atoms with Crippen molar-refractivity contribution in [2.45, 2.75) is 31.9 Å². The van der Waals surface area contributed by atoms with Crippen molar-refractivity contribution in [2.75, 3.05) is 45.9 Å². The van der Waals surface area contributed by atoms with Gasteiger partial charge in [0.1, 0.15) is 0 Å². The molecule has 0 aliphatic carbocycles. The quantitative estimate of drug-likeness (QED) is 0.263. The van der Waals surface area contributed by atoms with Crippen molar-refractivity contribution in [3.63, 3.8) is 0 Å². The van der Waals surface area contributed by atoms with Gasteiger partial charge < -0.3 is 15.8 Å². The number of alkyl halides is 3. The monoisotopic (exact) mass is 438 g/mol. The Bertz CT molecular complexity index is 310. The molecule has 1 aliphatic heterocycles. The van der Waals surface area contributed by atoms with Crippen molar-refractivity contribution >= 4 is 29.9 Å². The summed E-state index contributed by atoms with van der Waals surface area (Å²) in [6, 6.07) is 0. The van der Waals surface area contributed by atoms with Crippen molar-refractivity contribution in [2.24, 2.45) is 10.7 Å². The van der Waals surface area contributed by atoms with E-state index in [2.05, 4.69) is 15.2 Å². The predicted octanol–water partition coefficient (Wildman–Crippen LogP) is 1.96. The molecule has 5 nitrogen and oxygen atoms in total. The van der Waals surface area contributed by atoms with Crippen LogP contribution >= 0.6 is 24.0 Å². The van der Waals surface area contributed by atoms with Gasteiger partial charge in [-0.05, 0) is 19.3 Å². The molecule has 1 heterocycles. The molecule has 0 unspecified atom stereocenters. The summed E-state index contributed by atoms with van der Waals surface area (Å²) in [4.78, 5) is 6.48. The molecule has 132 valence electrons. The number of morpholine rings is 1. The molecule has 22 heavy (non-hydrogen) atoms. The summed E-state index contributed by atoms with van der Waals surface area (Å²) < 4.78 is 41.0. The fraction of sp³-hybridized carbons (Fsp3) is 0.923. The van der Waals surface area contributed by atoms with Crippen LogP contribution in [0.4, 0.5) is 13.2 Å². The average Bonchev–Trinajstić information content (AvgIpc) is 2.43. The van der Waals surface area contributed by atoms with E-state index in [1.807, 2.05) is 0 Å². The normalized spacial score (nSPS) is 17.1. The number of rotatable bonds is 8. The molecule has 0 radical (unpaired) electrons. The van der Waals surface area contributed by atoms with Crippen molar-refractivity contribution in [1.29, 1.82) is 0 Å². The maximum absolute atomic E-state index is 11.9. The first-order chi connectivity index (χ1) is 9.97. The van der Waals surface area contributed by atoms with Gasteiger partial charge in [-0.2, -0.15) is 13.2 Å². The number of nitrogens with zero attached hydrogens (tertiary/aromatic N) is 2. The van der Waals surface area contributed by atoms with Crippen molar-refractivity contribution in [3.8, 4) is 0 Å². The summed E-state index contributed by atoms with van der Waals surface area (Å²) in [5.41, 5.74) is 5.64. The summed E-state index contributed by atoms with van der Waals surface area (Å²) in [6.45, 7) is 5.49. The molecule has 0 amide bonds. The van der Waals surface area contributed by atoms with E-state index in [-0.39, 0.29) is 30.4 Å². The van der Waals surface area contributed by atoms with Crippen molar-refractivity contribution < 1.29 is 17.9 Å². The summed E-state index contributed by atoms with van der Waals surface area (Å²) in [5, 5.41) is 2.83. The van der Waals surface area contributed by atoms with Crippen LogP contribution in [0.3, 0.4) is 0 Å². The number of hydrogen-bond donors (Lipinski definition) is 2. The van der Waals surface area contributed by atoms with Gasteiger partial charge in [0.25, 0.3) is 0 Å². The molecule has 0 aromatic rings. The molecule has 0 aromatic heterocycles. The molecule has 0 spiro atoms. The van der Waals surface area contributed by atoms with Crippen LogP contribution in [0.25, 0.3) is 0 Å². The highest BCUT2D eigenvalue weighted by Crippen LogP contribution is 2.21. The second-order valence-electron chi connectivity index (χ2n) is 5.07. The highest BCUT2D eigenvalue weighted by atomic mass is 127. The molecule has 0 aromatic carbocycles. The van der Waals surface area contributed by atoms with Crippen LogP contribution in [0.1, 0.15) is 25.7 Å². The fourth-order valence-corrected chi connectivity index (χ4v) is 2.04. The first kappa shape index (κ1) is 21.7. The van der Waals surface area contributed by atoms with Gasteiger partial charge in [0.2, 0.25) is 0 Å². The van der Waals surface area contributed by atoms with Crippen molar-refractivity contribution in [3.05, 3.63) is 0 Å². The number of halogens is 4. The van der Waals surface area contributed by atoms with E-state index in [1.165, 1.54) is 0 Å². The van der Waals surface area contributed by atoms with Crippen LogP contribution in [0.15, 0.2) is 4.99 Å². The molecular formula is C13H26F3IN4O. The molecule has 3 N–H and O–H groups in total. The van der Waals surface area contributed by atoms with Crippen LogP contribution in [0, 0.1) is 0 Å². The van der Waals surface area contributed by atoms with Gasteiger partial charge in [0.05, 0.1) is 13.2 Å². The topological polar surface area (TPSA) is 62.9 Å². The summed E-state index contributed by atoms with van der Waals surface area (Å²) in [7, 11) is 0. The third kappa shape index (κ3) is 12.3. The Hall–Kier alpha value is -0.290. The van der Waals surface area contributed by atoms with Crippen LogP contribution in [0.2, 0.25) is 0 Å². The molecule has 0 atom stereocenters. The van der Waals surface area contributed by atoms with Crippen LogP contribution in [-0.4, -0.2) is 63.0 Å². The van der Waals surface area contributed by atoms with Gasteiger partial charge in [-0.1, -0.05) is 0 Å². The molecule has 1 rings (SSSR count). The van der Waals surface area contributed by atoms with Gasteiger partial charge in [0.15, 0.2) is 5.96 Å². The smallest absolute Gasteiger partial charge is 0.379 e. The zero-order valence-corrected chi connectivity index (χ0v) is 15.0. The third-order valence-electron chi connectivity index (χ3n) is 3.21. The number of ether oxygens (including phenoxy) is 1. The second-order valence-corrected chi connectivity index (χ2v) is 5.07. The lowest BCUT2D eigenvalue weighted by atomic mass is 10.2. The number of guanidine groups is 1. The van der Waals surface area contributed by atoms with Crippen LogP contribution in [-0.2, 0) is 4.74 Å². The minimum Gasteiger partial charge on any atom is -0.379 e. The van der Waals surface area contributed by atoms with Gasteiger partial charge in [-0.15, -0.1) is 24.0 Å². The van der Waals surface area contributed by atoms with Gasteiger partial charge in [0, 0.05) is 39.1 Å². The first-order valence-corrected chi connectivity index (χ1v) is 7.38. The number of nitrogens with two attached hydrogens (primary N) is 1. The average molecular weight is 438 g/mol. The molecule has 1 saturated heterocycles. The fourth-order valence-electron chi connectivity index (χ4n) is 2.04. The number of aliphatic imine (C=N–C) groups is 1. The maximum atomic E-state index is 11.9. The van der Waals surface area contributed by atoms with E-state index >= 15 is 0 Å². The summed E-state index contributed by atoms with van der Waals surface area (Å²) >= 11 is 0. The zero-order valence-electron chi connectivity index (χ0n) is 12.7. The third-order valence-corrected chi connectivity index (χ3v) is 3.21. The zero-order chi connectivity index (χ0) is 15.6. The second kappa shape index (κ2) is 12.2. The Balaban J connectivity index is 0.00000441. The molecule has 1 fully saturated rings. The minimum absolute atomic E-state index is 0. The highest BCUT2D eigenvalue weighted by Gasteiger charge is 2.25. The Kier molecular flexibility index (Phi) is 12.0. The number of hydrogen-bond acceptors (Lipinski definition) is 3. The van der Waals surface area contributed by atoms with Gasteiger partial charge in [-0.25, -0.2) is 0 Å². The standard InChI is InChI=1S/C13H25F3N4O.HI/c14-13(15,16)4-1-2-5-18-12(17)19-6-3-7-20-8-10-21-11-9-20;/h1-11H2,(H3,17,18,19);1H. The van der Waals surface area contributed by atoms with E-state index in [1.54, 1.807) is 0 Å². The molecule has 0 bridgehead atoms. The highest BCUT2D eigenvalue weighted by molar-refractivity contribution is 14.0. The molecule has 0 saturated carbocycles. The number of unbranched alkanes of at least 4 members (excludes halogenated alkanes) is 1. The lowest BCUT2D eigenvalue weighted by molar-refractivity contribution is -0.135. The van der Waals surface area contributed by atoms with Gasteiger partial charge in [-0.3, -0.25) is 9.89 Å². The predicted molar refractivity (Wildman–Crippen MR) is 91.7 cm³/mol. The minimum atomic E-state index is -4.07. The molecule has 1 aliphatic rings. The SMILES string of the molecule is I.NC(=NCCCN1CCOCC1)NCCCCC(F)(F)F.